The third-order valence-corrected chi connectivity index (χ3v) is 4.60. The van der Waals surface area contributed by atoms with E-state index in [4.69, 9.17) is 6.42 Å². The highest BCUT2D eigenvalue weighted by Gasteiger charge is 1.96. The highest BCUT2D eigenvalue weighted by Crippen LogP contribution is 2.16. The van der Waals surface area contributed by atoms with E-state index < -0.39 is 0 Å². The van der Waals surface area contributed by atoms with E-state index in [2.05, 4.69) is 64.5 Å². The lowest BCUT2D eigenvalue weighted by atomic mass is 10.0. The van der Waals surface area contributed by atoms with Crippen LogP contribution in [-0.2, 0) is 0 Å². The molecule has 0 aromatic rings. The summed E-state index contributed by atoms with van der Waals surface area (Å²) in [7, 11) is 0. The Morgan fingerprint density at radius 3 is 2.21 bits per heavy atom. The lowest BCUT2D eigenvalue weighted by Gasteiger charge is -2.04. The first-order chi connectivity index (χ1) is 11.5. The molecule has 24 heavy (non-hydrogen) atoms. The van der Waals surface area contributed by atoms with E-state index in [1.165, 1.54) is 22.3 Å². The van der Waals surface area contributed by atoms with E-state index >= 15 is 0 Å². The predicted octanol–water partition coefficient (Wildman–Crippen LogP) is 6.83. The van der Waals surface area contributed by atoms with Crippen molar-refractivity contribution in [3.05, 3.63) is 83.6 Å². The predicted molar refractivity (Wildman–Crippen MR) is 114 cm³/mol. The van der Waals surface area contributed by atoms with Crippen molar-refractivity contribution in [1.29, 1.82) is 0 Å². The number of hydrogen-bond acceptors (Lipinski definition) is 1. The Morgan fingerprint density at radius 2 is 1.62 bits per heavy atom. The van der Waals surface area contributed by atoms with Gasteiger partial charge in [-0.05, 0) is 44.4 Å². The van der Waals surface area contributed by atoms with Gasteiger partial charge in [0.2, 0.25) is 0 Å². The van der Waals surface area contributed by atoms with Crippen LogP contribution in [0.4, 0.5) is 0 Å². The Labute approximate surface area is 153 Å². The van der Waals surface area contributed by atoms with Crippen molar-refractivity contribution in [1.82, 2.24) is 0 Å². The standard InChI is InChI=1S/C23H30S/c1-7-10-11-12-13-15-20(4)18-24-19-21(5)16-17-22(6)23(9-3)14-8-2/h1,8,10-17H,2,9,18-19H2,3-6H3/b11-10+,13-12+,20-15-,21-16+,22-17+,23-14+. The molecule has 0 unspecified atom stereocenters. The Morgan fingerprint density at radius 1 is 0.958 bits per heavy atom. The van der Waals surface area contributed by atoms with Crippen LogP contribution >= 0.6 is 11.8 Å². The molecule has 0 aliphatic rings. The zero-order valence-corrected chi connectivity index (χ0v) is 16.3. The second kappa shape index (κ2) is 14.7. The molecule has 0 amide bonds. The number of hydrogen-bond donors (Lipinski definition) is 0. The molecule has 128 valence electrons. The molecule has 1 heteroatoms. The topological polar surface area (TPSA) is 0 Å². The van der Waals surface area contributed by atoms with Gasteiger partial charge >= 0.3 is 0 Å². The van der Waals surface area contributed by atoms with Crippen molar-refractivity contribution in [3.8, 4) is 12.3 Å². The summed E-state index contributed by atoms with van der Waals surface area (Å²) >= 11 is 1.93. The fourth-order valence-electron chi connectivity index (χ4n) is 1.91. The van der Waals surface area contributed by atoms with Crippen molar-refractivity contribution >= 4 is 11.8 Å². The van der Waals surface area contributed by atoms with Crippen LogP contribution in [0.3, 0.4) is 0 Å². The van der Waals surface area contributed by atoms with Crippen LogP contribution < -0.4 is 0 Å². The van der Waals surface area contributed by atoms with Crippen LogP contribution in [0, 0.1) is 12.3 Å². The van der Waals surface area contributed by atoms with Crippen molar-refractivity contribution in [2.24, 2.45) is 0 Å². The van der Waals surface area contributed by atoms with Gasteiger partial charge in [0.25, 0.3) is 0 Å². The molecule has 0 N–H and O–H groups in total. The van der Waals surface area contributed by atoms with E-state index in [9.17, 15) is 0 Å². The molecular weight excluding hydrogens is 308 g/mol. The molecule has 0 rings (SSSR count). The Balaban J connectivity index is 4.41. The van der Waals surface area contributed by atoms with Gasteiger partial charge in [-0.15, -0.1) is 6.42 Å². The third kappa shape index (κ3) is 11.6. The fourth-order valence-corrected chi connectivity index (χ4v) is 2.85. The second-order valence-corrected chi connectivity index (χ2v) is 6.55. The molecule has 0 saturated heterocycles. The Hall–Kier alpha value is -1.91. The number of allylic oxidation sites excluding steroid dienone is 11. The third-order valence-electron chi connectivity index (χ3n) is 3.28. The van der Waals surface area contributed by atoms with E-state index in [-0.39, 0.29) is 0 Å². The number of terminal acetylenes is 1. The van der Waals surface area contributed by atoms with Gasteiger partial charge in [0.05, 0.1) is 0 Å². The lowest BCUT2D eigenvalue weighted by Crippen LogP contribution is -1.87. The molecule has 0 nitrogen and oxygen atoms in total. The summed E-state index contributed by atoms with van der Waals surface area (Å²) in [5.41, 5.74) is 5.38. The summed E-state index contributed by atoms with van der Waals surface area (Å²) in [6.45, 7) is 12.4. The van der Waals surface area contributed by atoms with Gasteiger partial charge in [-0.1, -0.05) is 79.2 Å². The minimum absolute atomic E-state index is 1.03. The molecule has 0 aromatic carbocycles. The number of thioether (sulfide) groups is 1. The van der Waals surface area contributed by atoms with Gasteiger partial charge in [0, 0.05) is 11.5 Å². The average Bonchev–Trinajstić information content (AvgIpc) is 2.57. The highest BCUT2D eigenvalue weighted by molar-refractivity contribution is 7.99. The summed E-state index contributed by atoms with van der Waals surface area (Å²) in [5.74, 6) is 4.54. The maximum Gasteiger partial charge on any atom is 0.0146 e. The monoisotopic (exact) mass is 338 g/mol. The quantitative estimate of drug-likeness (QED) is 0.311. The van der Waals surface area contributed by atoms with Crippen molar-refractivity contribution in [3.63, 3.8) is 0 Å². The molecule has 0 aromatic heterocycles. The second-order valence-electron chi connectivity index (χ2n) is 5.56. The molecule has 0 atom stereocenters. The molecule has 0 aliphatic heterocycles. The van der Waals surface area contributed by atoms with Crippen LogP contribution in [0.2, 0.25) is 0 Å². The van der Waals surface area contributed by atoms with Gasteiger partial charge in [-0.25, -0.2) is 0 Å². The normalized spacial score (nSPS) is 14.5. The molecule has 0 spiro atoms. The lowest BCUT2D eigenvalue weighted by molar-refractivity contribution is 1.10. The minimum atomic E-state index is 1.03. The molecule has 0 aliphatic carbocycles. The highest BCUT2D eigenvalue weighted by atomic mass is 32.2. The van der Waals surface area contributed by atoms with Crippen LogP contribution in [0.25, 0.3) is 0 Å². The molecule has 0 fully saturated rings. The molecule has 0 saturated carbocycles. The van der Waals surface area contributed by atoms with Gasteiger partial charge in [-0.2, -0.15) is 11.8 Å². The van der Waals surface area contributed by atoms with Crippen LogP contribution in [0.1, 0.15) is 34.1 Å². The molecular formula is C23H30S. The first-order valence-electron chi connectivity index (χ1n) is 8.24. The molecule has 0 radical (unpaired) electrons. The smallest absolute Gasteiger partial charge is 0.0146 e. The van der Waals surface area contributed by atoms with Crippen molar-refractivity contribution < 1.29 is 0 Å². The first-order valence-corrected chi connectivity index (χ1v) is 9.39. The zero-order chi connectivity index (χ0) is 18.2. The van der Waals surface area contributed by atoms with Gasteiger partial charge in [0.1, 0.15) is 0 Å². The van der Waals surface area contributed by atoms with E-state index in [0.29, 0.717) is 0 Å². The molecule has 0 heterocycles. The summed E-state index contributed by atoms with van der Waals surface area (Å²) in [6.07, 6.45) is 24.2. The van der Waals surface area contributed by atoms with Crippen LogP contribution in [-0.4, -0.2) is 11.5 Å². The maximum atomic E-state index is 5.14. The molecule has 0 bridgehead atoms. The van der Waals surface area contributed by atoms with Gasteiger partial charge in [-0.3, -0.25) is 0 Å². The van der Waals surface area contributed by atoms with Crippen molar-refractivity contribution in [2.75, 3.05) is 11.5 Å². The maximum absolute atomic E-state index is 5.14. The van der Waals surface area contributed by atoms with Crippen LogP contribution in [0.15, 0.2) is 83.6 Å². The summed E-state index contributed by atoms with van der Waals surface area (Å²) in [5, 5.41) is 0. The SMILES string of the molecule is C#C/C=C/C=C/C=C(/C)CSC/C(C)=C/C=C(C)/C(=C/C=C)CC. The van der Waals surface area contributed by atoms with E-state index in [1.807, 2.05) is 36.1 Å². The van der Waals surface area contributed by atoms with Gasteiger partial charge in [0.15, 0.2) is 0 Å². The van der Waals surface area contributed by atoms with E-state index in [1.54, 1.807) is 6.08 Å². The minimum Gasteiger partial charge on any atom is -0.153 e. The fraction of sp³-hybridized carbons (Fsp3) is 0.304. The van der Waals surface area contributed by atoms with Gasteiger partial charge < -0.3 is 0 Å². The van der Waals surface area contributed by atoms with E-state index in [0.717, 1.165) is 17.9 Å². The largest absolute Gasteiger partial charge is 0.153 e. The first kappa shape index (κ1) is 22.1. The Kier molecular flexibility index (Phi) is 13.5. The van der Waals surface area contributed by atoms with Crippen molar-refractivity contribution in [2.45, 2.75) is 34.1 Å². The summed E-state index contributed by atoms with van der Waals surface area (Å²) in [4.78, 5) is 0. The number of rotatable bonds is 10. The Bertz CT molecular complexity index is 598. The average molecular weight is 339 g/mol. The summed E-state index contributed by atoms with van der Waals surface area (Å²) < 4.78 is 0. The zero-order valence-electron chi connectivity index (χ0n) is 15.5. The summed E-state index contributed by atoms with van der Waals surface area (Å²) in [6, 6.07) is 0. The van der Waals surface area contributed by atoms with Crippen LogP contribution in [0.5, 0.6) is 0 Å².